The van der Waals surface area contributed by atoms with Gasteiger partial charge in [0.05, 0.1) is 4.90 Å². The van der Waals surface area contributed by atoms with Crippen molar-refractivity contribution < 1.29 is 17.9 Å². The van der Waals surface area contributed by atoms with Gasteiger partial charge in [-0.05, 0) is 57.6 Å². The van der Waals surface area contributed by atoms with Gasteiger partial charge in [-0.3, -0.25) is 0 Å². The minimum absolute atomic E-state index is 0.157. The molecule has 0 aliphatic carbocycles. The number of nitrogens with zero attached hydrogens (tertiary/aromatic N) is 1. The summed E-state index contributed by atoms with van der Waals surface area (Å²) in [6.45, 7) is 7.50. The van der Waals surface area contributed by atoms with Crippen LogP contribution in [0.5, 0.6) is 0 Å². The van der Waals surface area contributed by atoms with Crippen molar-refractivity contribution in [1.29, 1.82) is 0 Å². The van der Waals surface area contributed by atoms with Gasteiger partial charge in [-0.25, -0.2) is 13.2 Å². The van der Waals surface area contributed by atoms with Crippen molar-refractivity contribution in [3.63, 3.8) is 0 Å². The van der Waals surface area contributed by atoms with Crippen LogP contribution in [0.3, 0.4) is 0 Å². The zero-order valence-corrected chi connectivity index (χ0v) is 17.8. The normalized spacial score (nSPS) is 16.1. The SMILES string of the molecule is CCOCCCNC(=O)NCCC1CCN(S(=O)(=O)c2ccc(C)cc2)CC1. The monoisotopic (exact) mass is 411 g/mol. The molecule has 1 saturated heterocycles. The Bertz CT molecular complexity index is 699. The first-order valence-electron chi connectivity index (χ1n) is 10.1. The van der Waals surface area contributed by atoms with Gasteiger partial charge in [-0.15, -0.1) is 0 Å². The molecule has 1 aliphatic heterocycles. The summed E-state index contributed by atoms with van der Waals surface area (Å²) < 4.78 is 32.3. The standard InChI is InChI=1S/C20H33N3O4S/c1-3-27-16-4-12-21-20(24)22-13-9-18-10-14-23(15-11-18)28(25,26)19-7-5-17(2)6-8-19/h5-8,18H,3-4,9-16H2,1-2H3,(H2,21,22,24). The van der Waals surface area contributed by atoms with E-state index in [1.165, 1.54) is 0 Å². The van der Waals surface area contributed by atoms with Gasteiger partial charge in [0, 0.05) is 39.4 Å². The predicted octanol–water partition coefficient (Wildman–Crippen LogP) is 2.51. The van der Waals surface area contributed by atoms with Gasteiger partial charge in [0.1, 0.15) is 0 Å². The number of rotatable bonds is 10. The predicted molar refractivity (Wildman–Crippen MR) is 110 cm³/mol. The molecule has 2 amide bonds. The molecule has 2 N–H and O–H groups in total. The molecule has 0 spiro atoms. The zero-order valence-electron chi connectivity index (χ0n) is 16.9. The lowest BCUT2D eigenvalue weighted by Crippen LogP contribution is -2.40. The molecule has 1 aliphatic rings. The number of hydrogen-bond donors (Lipinski definition) is 2. The Labute approximate surface area is 168 Å². The largest absolute Gasteiger partial charge is 0.382 e. The van der Waals surface area contributed by atoms with E-state index in [1.807, 2.05) is 26.0 Å². The minimum atomic E-state index is -3.41. The molecule has 1 heterocycles. The quantitative estimate of drug-likeness (QED) is 0.579. The van der Waals surface area contributed by atoms with Gasteiger partial charge in [-0.2, -0.15) is 4.31 Å². The average Bonchev–Trinajstić information content (AvgIpc) is 2.68. The van der Waals surface area contributed by atoms with Crippen molar-refractivity contribution >= 4 is 16.1 Å². The van der Waals surface area contributed by atoms with Gasteiger partial charge < -0.3 is 15.4 Å². The van der Waals surface area contributed by atoms with E-state index in [0.717, 1.165) is 31.2 Å². The van der Waals surface area contributed by atoms with Crippen molar-refractivity contribution in [2.45, 2.75) is 44.4 Å². The molecule has 1 fully saturated rings. The molecule has 7 nitrogen and oxygen atoms in total. The third-order valence-electron chi connectivity index (χ3n) is 5.03. The summed E-state index contributed by atoms with van der Waals surface area (Å²) in [6, 6.07) is 6.85. The van der Waals surface area contributed by atoms with Crippen LogP contribution in [0.25, 0.3) is 0 Å². The second kappa shape index (κ2) is 11.4. The molecule has 8 heteroatoms. The van der Waals surface area contributed by atoms with Crippen LogP contribution in [-0.4, -0.2) is 58.1 Å². The number of ether oxygens (including phenoxy) is 1. The highest BCUT2D eigenvalue weighted by Gasteiger charge is 2.29. The van der Waals surface area contributed by atoms with Gasteiger partial charge in [0.15, 0.2) is 0 Å². The summed E-state index contributed by atoms with van der Waals surface area (Å²) in [5, 5.41) is 5.68. The number of hydrogen-bond acceptors (Lipinski definition) is 4. The van der Waals surface area contributed by atoms with Crippen molar-refractivity contribution in [3.8, 4) is 0 Å². The lowest BCUT2D eigenvalue weighted by Gasteiger charge is -2.31. The summed E-state index contributed by atoms with van der Waals surface area (Å²) in [5.74, 6) is 0.433. The van der Waals surface area contributed by atoms with E-state index in [2.05, 4.69) is 10.6 Å². The second-order valence-electron chi connectivity index (χ2n) is 7.18. The number of urea groups is 1. The van der Waals surface area contributed by atoms with Crippen molar-refractivity contribution in [2.24, 2.45) is 5.92 Å². The molecule has 2 rings (SSSR count). The van der Waals surface area contributed by atoms with Crippen LogP contribution in [0, 0.1) is 12.8 Å². The highest BCUT2D eigenvalue weighted by Crippen LogP contribution is 2.25. The molecule has 28 heavy (non-hydrogen) atoms. The van der Waals surface area contributed by atoms with E-state index < -0.39 is 10.0 Å². The maximum Gasteiger partial charge on any atom is 0.314 e. The van der Waals surface area contributed by atoms with Crippen LogP contribution in [0.15, 0.2) is 29.2 Å². The van der Waals surface area contributed by atoms with Crippen LogP contribution in [0.4, 0.5) is 4.79 Å². The van der Waals surface area contributed by atoms with Crippen LogP contribution in [0.2, 0.25) is 0 Å². The third kappa shape index (κ3) is 7.07. The topological polar surface area (TPSA) is 87.7 Å². The van der Waals surface area contributed by atoms with Crippen molar-refractivity contribution in [2.75, 3.05) is 39.4 Å². The molecule has 0 radical (unpaired) electrons. The highest BCUT2D eigenvalue weighted by atomic mass is 32.2. The minimum Gasteiger partial charge on any atom is -0.382 e. The lowest BCUT2D eigenvalue weighted by molar-refractivity contribution is 0.145. The van der Waals surface area contributed by atoms with E-state index in [-0.39, 0.29) is 6.03 Å². The molecule has 158 valence electrons. The Morgan fingerprint density at radius 3 is 2.43 bits per heavy atom. The average molecular weight is 412 g/mol. The highest BCUT2D eigenvalue weighted by molar-refractivity contribution is 7.89. The van der Waals surface area contributed by atoms with E-state index >= 15 is 0 Å². The first-order valence-corrected chi connectivity index (χ1v) is 11.5. The van der Waals surface area contributed by atoms with Crippen molar-refractivity contribution in [3.05, 3.63) is 29.8 Å². The molecule has 0 bridgehead atoms. The molecule has 1 aromatic carbocycles. The fourth-order valence-corrected chi connectivity index (χ4v) is 4.74. The summed E-state index contributed by atoms with van der Waals surface area (Å²) in [7, 11) is -3.41. The van der Waals surface area contributed by atoms with Gasteiger partial charge in [0.2, 0.25) is 10.0 Å². The van der Waals surface area contributed by atoms with Crippen molar-refractivity contribution in [1.82, 2.24) is 14.9 Å². The number of aryl methyl sites for hydroxylation is 1. The number of carbonyl (C=O) groups is 1. The number of benzene rings is 1. The maximum absolute atomic E-state index is 12.7. The molecular weight excluding hydrogens is 378 g/mol. The Balaban J connectivity index is 1.65. The molecule has 1 aromatic rings. The molecule has 0 atom stereocenters. The first-order chi connectivity index (χ1) is 13.4. The van der Waals surface area contributed by atoms with Crippen LogP contribution in [0.1, 0.15) is 38.2 Å². The van der Waals surface area contributed by atoms with Crippen LogP contribution in [-0.2, 0) is 14.8 Å². The summed E-state index contributed by atoms with van der Waals surface area (Å²) in [5.41, 5.74) is 1.04. The van der Waals surface area contributed by atoms with E-state index in [0.29, 0.717) is 50.2 Å². The Hall–Kier alpha value is -1.64. The molecular formula is C20H33N3O4S. The first kappa shape index (κ1) is 22.6. The fourth-order valence-electron chi connectivity index (χ4n) is 3.27. The number of nitrogens with one attached hydrogen (secondary N) is 2. The maximum atomic E-state index is 12.7. The smallest absolute Gasteiger partial charge is 0.314 e. The number of carbonyl (C=O) groups excluding carboxylic acids is 1. The third-order valence-corrected chi connectivity index (χ3v) is 6.94. The summed E-state index contributed by atoms with van der Waals surface area (Å²) in [6.07, 6.45) is 3.31. The Kier molecular flexibility index (Phi) is 9.21. The summed E-state index contributed by atoms with van der Waals surface area (Å²) in [4.78, 5) is 12.1. The second-order valence-corrected chi connectivity index (χ2v) is 9.12. The van der Waals surface area contributed by atoms with Crippen LogP contribution < -0.4 is 10.6 Å². The Morgan fingerprint density at radius 1 is 1.14 bits per heavy atom. The van der Waals surface area contributed by atoms with Gasteiger partial charge in [0.25, 0.3) is 0 Å². The number of amides is 2. The number of piperidine rings is 1. The number of sulfonamides is 1. The zero-order chi connectivity index (χ0) is 20.4. The van der Waals surface area contributed by atoms with Crippen LogP contribution >= 0.6 is 0 Å². The summed E-state index contributed by atoms with van der Waals surface area (Å²) >= 11 is 0. The van der Waals surface area contributed by atoms with Gasteiger partial charge in [-0.1, -0.05) is 17.7 Å². The molecule has 0 unspecified atom stereocenters. The molecule has 0 saturated carbocycles. The lowest BCUT2D eigenvalue weighted by atomic mass is 9.95. The van der Waals surface area contributed by atoms with E-state index in [9.17, 15) is 13.2 Å². The van der Waals surface area contributed by atoms with E-state index in [1.54, 1.807) is 16.4 Å². The molecule has 0 aromatic heterocycles. The fraction of sp³-hybridized carbons (Fsp3) is 0.650. The van der Waals surface area contributed by atoms with Gasteiger partial charge >= 0.3 is 6.03 Å². The van der Waals surface area contributed by atoms with E-state index in [4.69, 9.17) is 4.74 Å². The Morgan fingerprint density at radius 2 is 1.79 bits per heavy atom.